The molecule has 1 amide bonds. The molecule has 2 unspecified atom stereocenters. The van der Waals surface area contributed by atoms with Crippen LogP contribution in [0.4, 0.5) is 30.7 Å². The molecule has 1 aliphatic carbocycles. The third-order valence-corrected chi connectivity index (χ3v) is 8.92. The normalized spacial score (nSPS) is 27.0. The summed E-state index contributed by atoms with van der Waals surface area (Å²) in [7, 11) is -3.68. The molecule has 1 N–H and O–H groups in total. The van der Waals surface area contributed by atoms with Crippen molar-refractivity contribution in [2.75, 3.05) is 6.26 Å². The lowest BCUT2D eigenvalue weighted by Gasteiger charge is -2.31. The lowest BCUT2D eigenvalue weighted by Crippen LogP contribution is -2.36. The van der Waals surface area contributed by atoms with Crippen molar-refractivity contribution in [3.8, 4) is 0 Å². The summed E-state index contributed by atoms with van der Waals surface area (Å²) in [6, 6.07) is 6.12. The standard InChI is InChI=1S/C26H26F7NO4S/c1-13(15-9-16(25(28,29)30)11-17(10-15)26(31,32)33)38-21-8-7-19(23(21)14-3-5-18(27)6-4-14)20-12-22(24(35)34-20)39(2,36)37/h3-6,9-11,13,19-23H,7-8,12H2,1-2H3,(H,34,35)/t13-,19+,20?,21+,22?,23+/m1/s1. The number of hydrogen-bond donors (Lipinski definition) is 1. The van der Waals surface area contributed by atoms with E-state index in [0.717, 1.165) is 6.26 Å². The second-order valence-electron chi connectivity index (χ2n) is 10.1. The fourth-order valence-electron chi connectivity index (χ4n) is 5.62. The highest BCUT2D eigenvalue weighted by Gasteiger charge is 2.49. The van der Waals surface area contributed by atoms with Gasteiger partial charge >= 0.3 is 12.4 Å². The molecule has 1 saturated carbocycles. The Morgan fingerprint density at radius 3 is 2.00 bits per heavy atom. The summed E-state index contributed by atoms with van der Waals surface area (Å²) in [5.74, 6) is -2.06. The van der Waals surface area contributed by atoms with Crippen LogP contribution in [0.5, 0.6) is 0 Å². The topological polar surface area (TPSA) is 72.5 Å². The molecule has 0 spiro atoms. The number of carbonyl (C=O) groups excluding carboxylic acids is 1. The minimum absolute atomic E-state index is 0.00483. The van der Waals surface area contributed by atoms with Crippen molar-refractivity contribution >= 4 is 15.7 Å². The van der Waals surface area contributed by atoms with E-state index in [9.17, 15) is 43.9 Å². The number of amides is 1. The lowest BCUT2D eigenvalue weighted by atomic mass is 9.82. The fraction of sp³-hybridized carbons (Fsp3) is 0.500. The first-order valence-corrected chi connectivity index (χ1v) is 14.1. The SMILES string of the molecule is C[C@@H](O[C@H]1CC[C@@H](C2CC(S(C)(=O)=O)C(=O)N2)[C@@H]1c1ccc(F)cc1)c1cc(C(F)(F)F)cc(C(F)(F)F)c1. The molecule has 1 aliphatic heterocycles. The van der Waals surface area contributed by atoms with Gasteiger partial charge in [-0.25, -0.2) is 12.8 Å². The molecule has 1 saturated heterocycles. The van der Waals surface area contributed by atoms with Gasteiger partial charge in [0.05, 0.1) is 23.3 Å². The van der Waals surface area contributed by atoms with Crippen molar-refractivity contribution < 1.29 is 48.7 Å². The molecule has 0 aromatic heterocycles. The van der Waals surface area contributed by atoms with E-state index in [0.29, 0.717) is 30.5 Å². The van der Waals surface area contributed by atoms with Gasteiger partial charge in [-0.05, 0) is 73.6 Å². The molecule has 2 fully saturated rings. The Bertz CT molecular complexity index is 1290. The number of ether oxygens (including phenoxy) is 1. The first-order chi connectivity index (χ1) is 17.9. The lowest BCUT2D eigenvalue weighted by molar-refractivity contribution is -0.143. The zero-order valence-electron chi connectivity index (χ0n) is 20.8. The summed E-state index contributed by atoms with van der Waals surface area (Å²) < 4.78 is 124. The van der Waals surface area contributed by atoms with E-state index in [-0.39, 0.29) is 24.0 Å². The first-order valence-electron chi connectivity index (χ1n) is 12.1. The van der Waals surface area contributed by atoms with Crippen LogP contribution in [0, 0.1) is 11.7 Å². The van der Waals surface area contributed by atoms with Crippen LogP contribution < -0.4 is 5.32 Å². The molecule has 214 valence electrons. The quantitative estimate of drug-likeness (QED) is 0.438. The van der Waals surface area contributed by atoms with E-state index in [2.05, 4.69) is 5.32 Å². The van der Waals surface area contributed by atoms with E-state index in [1.54, 1.807) is 0 Å². The average Bonchev–Trinajstić information content (AvgIpc) is 3.41. The van der Waals surface area contributed by atoms with Gasteiger partial charge in [-0.3, -0.25) is 4.79 Å². The van der Waals surface area contributed by atoms with Crippen molar-refractivity contribution in [2.45, 2.75) is 68.0 Å². The van der Waals surface area contributed by atoms with E-state index >= 15 is 0 Å². The molecule has 5 nitrogen and oxygen atoms in total. The maximum atomic E-state index is 13.7. The monoisotopic (exact) mass is 581 g/mol. The minimum Gasteiger partial charge on any atom is -0.370 e. The van der Waals surface area contributed by atoms with Crippen LogP contribution in [0.3, 0.4) is 0 Å². The Morgan fingerprint density at radius 2 is 1.51 bits per heavy atom. The Labute approximate surface area is 220 Å². The second-order valence-corrected chi connectivity index (χ2v) is 12.4. The molecule has 2 aromatic carbocycles. The molecule has 39 heavy (non-hydrogen) atoms. The van der Waals surface area contributed by atoms with Gasteiger partial charge in [0.15, 0.2) is 9.84 Å². The van der Waals surface area contributed by atoms with E-state index < -0.39 is 74.5 Å². The third kappa shape index (κ3) is 6.40. The van der Waals surface area contributed by atoms with Crippen molar-refractivity contribution in [3.63, 3.8) is 0 Å². The highest BCUT2D eigenvalue weighted by Crippen LogP contribution is 2.47. The zero-order valence-corrected chi connectivity index (χ0v) is 21.6. The Kier molecular flexibility index (Phi) is 7.80. The highest BCUT2D eigenvalue weighted by molar-refractivity contribution is 7.92. The largest absolute Gasteiger partial charge is 0.416 e. The van der Waals surface area contributed by atoms with Crippen LogP contribution in [0.1, 0.15) is 60.5 Å². The zero-order chi connectivity index (χ0) is 28.9. The number of rotatable bonds is 6. The van der Waals surface area contributed by atoms with Gasteiger partial charge in [0.2, 0.25) is 5.91 Å². The van der Waals surface area contributed by atoms with Crippen molar-refractivity contribution in [3.05, 3.63) is 70.5 Å². The molecule has 6 atom stereocenters. The predicted molar refractivity (Wildman–Crippen MR) is 127 cm³/mol. The van der Waals surface area contributed by atoms with Crippen LogP contribution in [0.15, 0.2) is 42.5 Å². The van der Waals surface area contributed by atoms with Gasteiger partial charge in [-0.1, -0.05) is 12.1 Å². The highest BCUT2D eigenvalue weighted by atomic mass is 32.2. The van der Waals surface area contributed by atoms with Gasteiger partial charge < -0.3 is 10.1 Å². The van der Waals surface area contributed by atoms with Crippen molar-refractivity contribution in [2.24, 2.45) is 5.92 Å². The van der Waals surface area contributed by atoms with Crippen LogP contribution >= 0.6 is 0 Å². The summed E-state index contributed by atoms with van der Waals surface area (Å²) in [6.07, 6.45) is -10.2. The van der Waals surface area contributed by atoms with Crippen LogP contribution in [-0.2, 0) is 31.7 Å². The number of hydrogen-bond acceptors (Lipinski definition) is 4. The summed E-state index contributed by atoms with van der Waals surface area (Å²) in [6.45, 7) is 1.35. The van der Waals surface area contributed by atoms with Gasteiger partial charge in [0.1, 0.15) is 11.1 Å². The third-order valence-electron chi connectivity index (χ3n) is 7.48. The number of nitrogens with one attached hydrogen (secondary N) is 1. The second kappa shape index (κ2) is 10.4. The van der Waals surface area contributed by atoms with Crippen LogP contribution in [-0.4, -0.2) is 38.0 Å². The number of sulfone groups is 1. The van der Waals surface area contributed by atoms with Gasteiger partial charge in [-0.15, -0.1) is 0 Å². The molecule has 1 heterocycles. The molecule has 4 rings (SSSR count). The maximum Gasteiger partial charge on any atom is 0.416 e. The Morgan fingerprint density at radius 1 is 0.949 bits per heavy atom. The van der Waals surface area contributed by atoms with Crippen LogP contribution in [0.2, 0.25) is 0 Å². The minimum atomic E-state index is -5.01. The predicted octanol–water partition coefficient (Wildman–Crippen LogP) is 5.81. The molecule has 2 aromatic rings. The molecular formula is C26H26F7NO4S. The summed E-state index contributed by atoms with van der Waals surface area (Å²) >= 11 is 0. The summed E-state index contributed by atoms with van der Waals surface area (Å²) in [5, 5.41) is 1.48. The van der Waals surface area contributed by atoms with E-state index in [1.807, 2.05) is 0 Å². The van der Waals surface area contributed by atoms with E-state index in [1.165, 1.54) is 31.2 Å². The van der Waals surface area contributed by atoms with Crippen molar-refractivity contribution in [1.29, 1.82) is 0 Å². The average molecular weight is 582 g/mol. The smallest absolute Gasteiger partial charge is 0.370 e. The van der Waals surface area contributed by atoms with Gasteiger partial charge in [-0.2, -0.15) is 26.3 Å². The Balaban J connectivity index is 1.65. The van der Waals surface area contributed by atoms with Gasteiger partial charge in [0.25, 0.3) is 0 Å². The van der Waals surface area contributed by atoms with Gasteiger partial charge in [0, 0.05) is 18.2 Å². The van der Waals surface area contributed by atoms with E-state index in [4.69, 9.17) is 4.74 Å². The van der Waals surface area contributed by atoms with Crippen LogP contribution in [0.25, 0.3) is 0 Å². The molecule has 0 radical (unpaired) electrons. The fourth-order valence-corrected chi connectivity index (χ4v) is 6.63. The molecule has 2 aliphatic rings. The first kappa shape index (κ1) is 29.3. The Hall–Kier alpha value is -2.67. The number of benzene rings is 2. The molecule has 13 heteroatoms. The maximum absolute atomic E-state index is 13.7. The molecular weight excluding hydrogens is 555 g/mol. The summed E-state index contributed by atoms with van der Waals surface area (Å²) in [5.41, 5.74) is -2.64. The van der Waals surface area contributed by atoms with Crippen molar-refractivity contribution in [1.82, 2.24) is 5.32 Å². The molecule has 0 bridgehead atoms. The number of halogens is 7. The number of alkyl halides is 6. The summed E-state index contributed by atoms with van der Waals surface area (Å²) in [4.78, 5) is 12.4. The number of carbonyl (C=O) groups is 1.